The molecular weight excluding hydrogens is 683 g/mol. The minimum absolute atomic E-state index is 0.649. The van der Waals surface area contributed by atoms with Gasteiger partial charge < -0.3 is 9.13 Å². The van der Waals surface area contributed by atoms with Crippen molar-refractivity contribution in [2.24, 2.45) is 0 Å². The third kappa shape index (κ3) is 5.36. The van der Waals surface area contributed by atoms with Crippen LogP contribution in [-0.4, -0.2) is 24.1 Å². The molecule has 0 fully saturated rings. The molecule has 0 spiro atoms. The molecule has 3 aromatic heterocycles. The molecule has 0 atom stereocenters. The largest absolute Gasteiger partial charge is 0.310 e. The van der Waals surface area contributed by atoms with E-state index in [-0.39, 0.29) is 0 Å². The zero-order valence-corrected chi connectivity index (χ0v) is 30.5. The maximum absolute atomic E-state index is 4.96. The molecule has 0 bridgehead atoms. The Kier molecular flexibility index (Phi) is 7.56. The molecule has 5 heteroatoms. The molecule has 0 unspecified atom stereocenters. The lowest BCUT2D eigenvalue weighted by atomic mass is 9.97. The van der Waals surface area contributed by atoms with Crippen molar-refractivity contribution in [2.45, 2.75) is 12.8 Å². The van der Waals surface area contributed by atoms with Gasteiger partial charge in [-0.25, -0.2) is 15.0 Å². The van der Waals surface area contributed by atoms with Gasteiger partial charge in [-0.1, -0.05) is 121 Å². The highest BCUT2D eigenvalue weighted by Crippen LogP contribution is 2.39. The van der Waals surface area contributed by atoms with Crippen LogP contribution in [0.4, 0.5) is 0 Å². The van der Waals surface area contributed by atoms with Crippen LogP contribution in [0.15, 0.2) is 182 Å². The van der Waals surface area contributed by atoms with Crippen molar-refractivity contribution in [3.05, 3.63) is 193 Å². The van der Waals surface area contributed by atoms with Gasteiger partial charge >= 0.3 is 0 Å². The van der Waals surface area contributed by atoms with Crippen molar-refractivity contribution in [1.29, 1.82) is 0 Å². The van der Waals surface area contributed by atoms with E-state index in [4.69, 9.17) is 15.0 Å². The highest BCUT2D eigenvalue weighted by molar-refractivity contribution is 6.10. The van der Waals surface area contributed by atoms with E-state index >= 15 is 0 Å². The predicted octanol–water partition coefficient (Wildman–Crippen LogP) is 12.5. The number of hydrogen-bond donors (Lipinski definition) is 0. The van der Waals surface area contributed by atoms with Gasteiger partial charge in [0, 0.05) is 49.9 Å². The Morgan fingerprint density at radius 2 is 0.893 bits per heavy atom. The van der Waals surface area contributed by atoms with Crippen LogP contribution in [0.25, 0.3) is 95.5 Å². The lowest BCUT2D eigenvalue weighted by Crippen LogP contribution is -2.01. The smallest absolute Gasteiger partial charge is 0.164 e. The Morgan fingerprint density at radius 1 is 0.375 bits per heavy atom. The van der Waals surface area contributed by atoms with E-state index in [9.17, 15) is 0 Å². The summed E-state index contributed by atoms with van der Waals surface area (Å²) in [5.74, 6) is 1.97. The molecule has 1 aliphatic rings. The summed E-state index contributed by atoms with van der Waals surface area (Å²) >= 11 is 0. The molecule has 0 saturated carbocycles. The highest BCUT2D eigenvalue weighted by Gasteiger charge is 2.21. The van der Waals surface area contributed by atoms with Crippen molar-refractivity contribution >= 4 is 38.8 Å². The highest BCUT2D eigenvalue weighted by atomic mass is 15.0. The summed E-state index contributed by atoms with van der Waals surface area (Å²) in [5.41, 5.74) is 13.8. The summed E-state index contributed by atoms with van der Waals surface area (Å²) in [6.45, 7) is 0. The summed E-state index contributed by atoms with van der Waals surface area (Å²) in [6.07, 6.45) is 6.63. The Bertz CT molecular complexity index is 3050. The van der Waals surface area contributed by atoms with Crippen LogP contribution in [0.2, 0.25) is 0 Å². The van der Waals surface area contributed by atoms with Gasteiger partial charge in [0.1, 0.15) is 0 Å². The molecule has 0 saturated heterocycles. The number of aromatic nitrogens is 5. The fourth-order valence-corrected chi connectivity index (χ4v) is 8.40. The van der Waals surface area contributed by atoms with E-state index in [1.165, 1.54) is 60.8 Å². The number of para-hydroxylation sites is 2. The van der Waals surface area contributed by atoms with E-state index in [1.807, 2.05) is 60.7 Å². The zero-order valence-electron chi connectivity index (χ0n) is 30.5. The van der Waals surface area contributed by atoms with Crippen molar-refractivity contribution < 1.29 is 0 Å². The minimum Gasteiger partial charge on any atom is -0.310 e. The lowest BCUT2D eigenvalue weighted by molar-refractivity contribution is 0.967. The van der Waals surface area contributed by atoms with Gasteiger partial charge in [0.05, 0.1) is 16.6 Å². The summed E-state index contributed by atoms with van der Waals surface area (Å²) < 4.78 is 4.80. The number of aryl methyl sites for hydroxylation is 1. The van der Waals surface area contributed by atoms with Crippen LogP contribution < -0.4 is 0 Å². The van der Waals surface area contributed by atoms with Gasteiger partial charge in [-0.2, -0.15) is 0 Å². The molecule has 264 valence electrons. The fraction of sp³-hybridized carbons (Fsp3) is 0.0392. The number of allylic oxidation sites excluding steroid dienone is 1. The van der Waals surface area contributed by atoms with Crippen molar-refractivity contribution in [1.82, 2.24) is 24.1 Å². The molecule has 10 aromatic rings. The van der Waals surface area contributed by atoms with E-state index in [2.05, 4.69) is 137 Å². The van der Waals surface area contributed by atoms with E-state index in [1.54, 1.807) is 0 Å². The van der Waals surface area contributed by atoms with Crippen molar-refractivity contribution in [3.63, 3.8) is 0 Å². The Hall–Kier alpha value is -7.37. The molecule has 0 amide bonds. The molecule has 5 nitrogen and oxygen atoms in total. The maximum Gasteiger partial charge on any atom is 0.164 e. The molecule has 3 heterocycles. The molecule has 7 aromatic carbocycles. The SMILES string of the molecule is C1=Cc2c(c3cc(-c4ccc5c6ccccc6n(-c6ccccc6)c5c4)ccc3n2-c2ccc(-c3nc(-c4ccccc4)nc(-c4ccccc4)n3)cc2)CC1. The standard InChI is InChI=1S/C51H35N5/c1-4-14-34(15-5-1)49-52-50(35-16-6-2-7-17-35)54-51(53-49)36-24-28-40(29-25-36)55-46-23-13-11-21-42(46)44-32-37(27-31-47(44)55)38-26-30-43-41-20-10-12-22-45(41)56(48(43)33-38)39-18-8-3-9-19-39/h1-10,12-20,22-33H,11,21H2. The fourth-order valence-electron chi connectivity index (χ4n) is 8.40. The van der Waals surface area contributed by atoms with Crippen LogP contribution in [0, 0.1) is 0 Å². The van der Waals surface area contributed by atoms with Crippen molar-refractivity contribution in [3.8, 4) is 56.7 Å². The monoisotopic (exact) mass is 717 g/mol. The first-order valence-corrected chi connectivity index (χ1v) is 19.2. The maximum atomic E-state index is 4.96. The van der Waals surface area contributed by atoms with E-state index < -0.39 is 0 Å². The Labute approximate surface area is 324 Å². The van der Waals surface area contributed by atoms with Gasteiger partial charge in [-0.15, -0.1) is 0 Å². The summed E-state index contributed by atoms with van der Waals surface area (Å²) in [4.78, 5) is 14.8. The topological polar surface area (TPSA) is 48.5 Å². The summed E-state index contributed by atoms with van der Waals surface area (Å²) in [7, 11) is 0. The Morgan fingerprint density at radius 3 is 1.59 bits per heavy atom. The van der Waals surface area contributed by atoms with Gasteiger partial charge in [0.25, 0.3) is 0 Å². The third-order valence-electron chi connectivity index (χ3n) is 11.1. The normalized spacial score (nSPS) is 12.4. The van der Waals surface area contributed by atoms with E-state index in [0.717, 1.165) is 35.2 Å². The van der Waals surface area contributed by atoms with Gasteiger partial charge in [0.15, 0.2) is 17.5 Å². The first kappa shape index (κ1) is 32.1. The van der Waals surface area contributed by atoms with Gasteiger partial charge in [-0.05, 0) is 96.3 Å². The van der Waals surface area contributed by atoms with Crippen LogP contribution >= 0.6 is 0 Å². The van der Waals surface area contributed by atoms with E-state index in [0.29, 0.717) is 17.5 Å². The summed E-state index contributed by atoms with van der Waals surface area (Å²) in [5, 5.41) is 3.82. The summed E-state index contributed by atoms with van der Waals surface area (Å²) in [6, 6.07) is 62.2. The zero-order chi connectivity index (χ0) is 37.0. The predicted molar refractivity (Wildman–Crippen MR) is 230 cm³/mol. The van der Waals surface area contributed by atoms with Crippen LogP contribution in [0.1, 0.15) is 17.7 Å². The molecular formula is C51H35N5. The molecule has 11 rings (SSSR count). The first-order valence-electron chi connectivity index (χ1n) is 19.2. The second kappa shape index (κ2) is 13.2. The van der Waals surface area contributed by atoms with Crippen molar-refractivity contribution in [2.75, 3.05) is 0 Å². The molecule has 0 N–H and O–H groups in total. The number of rotatable bonds is 6. The number of nitrogens with zero attached hydrogens (tertiary/aromatic N) is 5. The molecule has 56 heavy (non-hydrogen) atoms. The molecule has 0 aliphatic heterocycles. The minimum atomic E-state index is 0.649. The molecule has 0 radical (unpaired) electrons. The Balaban J connectivity index is 1.01. The second-order valence-corrected chi connectivity index (χ2v) is 14.4. The number of benzene rings is 7. The first-order chi connectivity index (χ1) is 27.8. The van der Waals surface area contributed by atoms with Crippen LogP contribution in [-0.2, 0) is 6.42 Å². The van der Waals surface area contributed by atoms with Crippen LogP contribution in [0.5, 0.6) is 0 Å². The van der Waals surface area contributed by atoms with Crippen LogP contribution in [0.3, 0.4) is 0 Å². The second-order valence-electron chi connectivity index (χ2n) is 14.4. The number of fused-ring (bicyclic) bond motifs is 6. The van der Waals surface area contributed by atoms with Gasteiger partial charge in [0.2, 0.25) is 0 Å². The molecule has 1 aliphatic carbocycles. The lowest BCUT2D eigenvalue weighted by Gasteiger charge is -2.13. The average molecular weight is 718 g/mol. The number of hydrogen-bond acceptors (Lipinski definition) is 3. The quantitative estimate of drug-likeness (QED) is 0.172. The van der Waals surface area contributed by atoms with Gasteiger partial charge in [-0.3, -0.25) is 0 Å². The average Bonchev–Trinajstić information content (AvgIpc) is 3.79. The third-order valence-corrected chi connectivity index (χ3v) is 11.1.